The van der Waals surface area contributed by atoms with Gasteiger partial charge in [0.15, 0.2) is 0 Å². The topological polar surface area (TPSA) is 86.8 Å². The third kappa shape index (κ3) is 8.37. The molecule has 0 saturated heterocycles. The van der Waals surface area contributed by atoms with E-state index in [1.807, 2.05) is 6.92 Å². The molecule has 0 bridgehead atoms. The molecule has 0 saturated carbocycles. The van der Waals surface area contributed by atoms with Gasteiger partial charge in [-0.15, -0.1) is 0 Å². The molecule has 0 aliphatic carbocycles. The van der Waals surface area contributed by atoms with Crippen molar-refractivity contribution in [2.24, 2.45) is 0 Å². The predicted molar refractivity (Wildman–Crippen MR) is 138 cm³/mol. The van der Waals surface area contributed by atoms with Crippen molar-refractivity contribution in [3.05, 3.63) is 63.9 Å². The summed E-state index contributed by atoms with van der Waals surface area (Å²) in [7, 11) is -3.78. The Hall–Kier alpha value is -2.36. The fraction of sp³-hybridized carbons (Fsp3) is 0.417. The maximum absolute atomic E-state index is 14.2. The van der Waals surface area contributed by atoms with Crippen LogP contribution in [0.3, 0.4) is 0 Å². The zero-order valence-corrected chi connectivity index (χ0v) is 22.3. The van der Waals surface area contributed by atoms with Crippen molar-refractivity contribution in [3.63, 3.8) is 0 Å². The Morgan fingerprint density at radius 1 is 1.14 bits per heavy atom. The number of para-hydroxylation sites is 1. The standard InChI is InChI=1S/C24H30Cl2FN3O4S/c1-4-13-28-24(32)17(2)29(16-18-11-12-19(25)15-20(18)26)23(31)10-7-14-30(35(3,33)34)22-9-6-5-8-21(22)27/h5-6,8-9,11-12,15,17H,4,7,10,13-14,16H2,1-3H3,(H,28,32)/t17-/m1/s1. The molecule has 0 aliphatic heterocycles. The number of anilines is 1. The summed E-state index contributed by atoms with van der Waals surface area (Å²) in [5.74, 6) is -1.35. The van der Waals surface area contributed by atoms with Crippen molar-refractivity contribution >= 4 is 50.7 Å². The molecular weight excluding hydrogens is 516 g/mol. The molecule has 35 heavy (non-hydrogen) atoms. The van der Waals surface area contributed by atoms with Crippen LogP contribution < -0.4 is 9.62 Å². The Labute approximate surface area is 216 Å². The van der Waals surface area contributed by atoms with E-state index in [1.54, 1.807) is 25.1 Å². The number of nitrogens with zero attached hydrogens (tertiary/aromatic N) is 2. The number of rotatable bonds is 12. The minimum absolute atomic E-state index is 0.0585. The predicted octanol–water partition coefficient (Wildman–Crippen LogP) is 4.62. The molecule has 1 atom stereocenters. The van der Waals surface area contributed by atoms with Crippen LogP contribution in [0.5, 0.6) is 0 Å². The van der Waals surface area contributed by atoms with Gasteiger partial charge in [0.2, 0.25) is 21.8 Å². The first kappa shape index (κ1) is 28.9. The number of nitrogens with one attached hydrogen (secondary N) is 1. The van der Waals surface area contributed by atoms with Gasteiger partial charge in [-0.2, -0.15) is 0 Å². The van der Waals surface area contributed by atoms with Gasteiger partial charge in [-0.05, 0) is 49.6 Å². The Kier molecular flexibility index (Phi) is 10.8. The van der Waals surface area contributed by atoms with E-state index < -0.39 is 21.9 Å². The summed E-state index contributed by atoms with van der Waals surface area (Å²) in [5, 5.41) is 3.59. The molecular formula is C24H30Cl2FN3O4S. The summed E-state index contributed by atoms with van der Waals surface area (Å²) < 4.78 is 39.7. The van der Waals surface area contributed by atoms with Gasteiger partial charge >= 0.3 is 0 Å². The molecule has 0 spiro atoms. The first-order valence-corrected chi connectivity index (χ1v) is 13.8. The molecule has 192 valence electrons. The van der Waals surface area contributed by atoms with E-state index >= 15 is 0 Å². The molecule has 2 amide bonds. The van der Waals surface area contributed by atoms with Crippen LogP contribution in [0.1, 0.15) is 38.7 Å². The van der Waals surface area contributed by atoms with E-state index in [2.05, 4.69) is 5.32 Å². The number of carbonyl (C=O) groups excluding carboxylic acids is 2. The molecule has 1 N–H and O–H groups in total. The van der Waals surface area contributed by atoms with Crippen LogP contribution in [0.25, 0.3) is 0 Å². The molecule has 0 radical (unpaired) electrons. The lowest BCUT2D eigenvalue weighted by atomic mass is 10.1. The summed E-state index contributed by atoms with van der Waals surface area (Å²) in [6.07, 6.45) is 1.79. The lowest BCUT2D eigenvalue weighted by molar-refractivity contribution is -0.140. The molecule has 0 aromatic heterocycles. The number of carbonyl (C=O) groups is 2. The SMILES string of the molecule is CCCNC(=O)[C@@H](C)N(Cc1ccc(Cl)cc1Cl)C(=O)CCCN(c1ccccc1F)S(C)(=O)=O. The van der Waals surface area contributed by atoms with E-state index in [9.17, 15) is 22.4 Å². The first-order valence-electron chi connectivity index (χ1n) is 11.2. The van der Waals surface area contributed by atoms with Crippen LogP contribution in [-0.4, -0.2) is 50.5 Å². The van der Waals surface area contributed by atoms with Crippen LogP contribution in [0.2, 0.25) is 10.0 Å². The monoisotopic (exact) mass is 545 g/mol. The fourth-order valence-electron chi connectivity index (χ4n) is 3.45. The van der Waals surface area contributed by atoms with E-state index in [4.69, 9.17) is 23.2 Å². The Morgan fingerprint density at radius 3 is 2.43 bits per heavy atom. The maximum Gasteiger partial charge on any atom is 0.242 e. The summed E-state index contributed by atoms with van der Waals surface area (Å²) in [5.41, 5.74) is 0.531. The van der Waals surface area contributed by atoms with Gasteiger partial charge < -0.3 is 10.2 Å². The van der Waals surface area contributed by atoms with Crippen molar-refractivity contribution in [2.45, 2.75) is 45.7 Å². The van der Waals surface area contributed by atoms with Gasteiger partial charge in [0.25, 0.3) is 0 Å². The highest BCUT2D eigenvalue weighted by atomic mass is 35.5. The van der Waals surface area contributed by atoms with Crippen LogP contribution >= 0.6 is 23.2 Å². The van der Waals surface area contributed by atoms with Crippen molar-refractivity contribution < 1.29 is 22.4 Å². The van der Waals surface area contributed by atoms with Crippen LogP contribution in [0.15, 0.2) is 42.5 Å². The van der Waals surface area contributed by atoms with E-state index in [0.29, 0.717) is 22.2 Å². The highest BCUT2D eigenvalue weighted by molar-refractivity contribution is 7.92. The van der Waals surface area contributed by atoms with Crippen LogP contribution in [-0.2, 0) is 26.2 Å². The average molecular weight is 546 g/mol. The van der Waals surface area contributed by atoms with Crippen molar-refractivity contribution in [3.8, 4) is 0 Å². The Bertz CT molecular complexity index is 1150. The number of hydrogen-bond donors (Lipinski definition) is 1. The average Bonchev–Trinajstić information content (AvgIpc) is 2.79. The highest BCUT2D eigenvalue weighted by Crippen LogP contribution is 2.25. The van der Waals surface area contributed by atoms with Gasteiger partial charge in [0, 0.05) is 36.1 Å². The summed E-state index contributed by atoms with van der Waals surface area (Å²) >= 11 is 12.3. The molecule has 0 aliphatic rings. The molecule has 2 rings (SSSR count). The van der Waals surface area contributed by atoms with Gasteiger partial charge in [-0.25, -0.2) is 12.8 Å². The molecule has 11 heteroatoms. The number of amides is 2. The number of sulfonamides is 1. The van der Waals surface area contributed by atoms with Gasteiger partial charge in [0.1, 0.15) is 11.9 Å². The Balaban J connectivity index is 2.20. The highest BCUT2D eigenvalue weighted by Gasteiger charge is 2.27. The molecule has 0 unspecified atom stereocenters. The van der Waals surface area contributed by atoms with E-state index in [-0.39, 0.29) is 43.4 Å². The number of benzene rings is 2. The van der Waals surface area contributed by atoms with Gasteiger partial charge in [-0.3, -0.25) is 13.9 Å². The fourth-order valence-corrected chi connectivity index (χ4v) is 4.88. The van der Waals surface area contributed by atoms with E-state index in [1.165, 1.54) is 29.2 Å². The zero-order chi connectivity index (χ0) is 26.2. The molecule has 0 heterocycles. The summed E-state index contributed by atoms with van der Waals surface area (Å²) in [6.45, 7) is 3.98. The largest absolute Gasteiger partial charge is 0.354 e. The molecule has 2 aromatic carbocycles. The minimum atomic E-state index is -3.78. The van der Waals surface area contributed by atoms with Gasteiger partial charge in [-0.1, -0.05) is 48.3 Å². The summed E-state index contributed by atoms with van der Waals surface area (Å²) in [6, 6.07) is 9.64. The number of hydrogen-bond acceptors (Lipinski definition) is 4. The van der Waals surface area contributed by atoms with Crippen molar-refractivity contribution in [1.82, 2.24) is 10.2 Å². The second-order valence-corrected chi connectivity index (χ2v) is 10.9. The third-order valence-electron chi connectivity index (χ3n) is 5.35. The van der Waals surface area contributed by atoms with Gasteiger partial charge in [0.05, 0.1) is 11.9 Å². The smallest absolute Gasteiger partial charge is 0.242 e. The normalized spacial score (nSPS) is 12.2. The zero-order valence-electron chi connectivity index (χ0n) is 19.9. The number of halogens is 3. The van der Waals surface area contributed by atoms with Crippen molar-refractivity contribution in [1.29, 1.82) is 0 Å². The second kappa shape index (κ2) is 13.1. The second-order valence-electron chi connectivity index (χ2n) is 8.11. The summed E-state index contributed by atoms with van der Waals surface area (Å²) in [4.78, 5) is 27.2. The third-order valence-corrected chi connectivity index (χ3v) is 7.11. The lowest BCUT2D eigenvalue weighted by Gasteiger charge is -2.29. The molecule has 7 nitrogen and oxygen atoms in total. The lowest BCUT2D eigenvalue weighted by Crippen LogP contribution is -2.48. The Morgan fingerprint density at radius 2 is 1.83 bits per heavy atom. The quantitative estimate of drug-likeness (QED) is 0.421. The molecule has 0 fully saturated rings. The van der Waals surface area contributed by atoms with Crippen molar-refractivity contribution in [2.75, 3.05) is 23.7 Å². The van der Waals surface area contributed by atoms with Crippen LogP contribution in [0.4, 0.5) is 10.1 Å². The molecule has 2 aromatic rings. The first-order chi connectivity index (χ1) is 16.5. The van der Waals surface area contributed by atoms with E-state index in [0.717, 1.165) is 17.0 Å². The maximum atomic E-state index is 14.2. The minimum Gasteiger partial charge on any atom is -0.354 e. The van der Waals surface area contributed by atoms with Crippen LogP contribution in [0, 0.1) is 5.82 Å².